The first-order valence-electron chi connectivity index (χ1n) is 8.42. The van der Waals surface area contributed by atoms with Crippen molar-refractivity contribution in [1.29, 1.82) is 0 Å². The first kappa shape index (κ1) is 18.3. The first-order valence-corrected chi connectivity index (χ1v) is 8.42. The standard InChI is InChI=1S/C9H6N2.C9H9NO2.C2H6/c1-2-4-8-6-7-10-11-9(8)5-3-1;11-8-6-4-2-1-3-5-7(6)9(12)10-8;1-2/h2-7H;2,4H,1,3,5H2,(H,10,11,12);1-2H3. The molecule has 0 spiro atoms. The molecule has 1 aromatic rings. The number of nitrogens with one attached hydrogen (secondary N) is 1. The largest absolute Gasteiger partial charge is 0.288 e. The quantitative estimate of drug-likeness (QED) is 0.576. The van der Waals surface area contributed by atoms with E-state index in [1.807, 2.05) is 50.3 Å². The molecule has 0 unspecified atom stereocenters. The summed E-state index contributed by atoms with van der Waals surface area (Å²) in [6, 6.07) is 1.93. The monoisotopic (exact) mass is 335 g/mol. The van der Waals surface area contributed by atoms with Crippen molar-refractivity contribution in [3.05, 3.63) is 64.0 Å². The van der Waals surface area contributed by atoms with Crippen molar-refractivity contribution in [2.24, 2.45) is 0 Å². The van der Waals surface area contributed by atoms with Crippen LogP contribution in [0.4, 0.5) is 0 Å². The number of nitrogens with zero attached hydrogens (tertiary/aromatic N) is 2. The predicted octanol–water partition coefficient (Wildman–Crippen LogP) is 1.47. The third-order valence-corrected chi connectivity index (χ3v) is 3.63. The maximum Gasteiger partial charge on any atom is 0.258 e. The van der Waals surface area contributed by atoms with Gasteiger partial charge in [0.25, 0.3) is 11.8 Å². The van der Waals surface area contributed by atoms with Crippen molar-refractivity contribution >= 4 is 24.0 Å². The summed E-state index contributed by atoms with van der Waals surface area (Å²) in [6.07, 6.45) is 15.6. The fraction of sp³-hybridized carbons (Fsp3) is 0.250. The molecule has 4 rings (SSSR count). The molecule has 2 amide bonds. The van der Waals surface area contributed by atoms with Crippen LogP contribution in [-0.2, 0) is 9.59 Å². The highest BCUT2D eigenvalue weighted by Crippen LogP contribution is 2.22. The van der Waals surface area contributed by atoms with Crippen molar-refractivity contribution in [2.75, 3.05) is 0 Å². The van der Waals surface area contributed by atoms with Gasteiger partial charge < -0.3 is 0 Å². The number of rotatable bonds is 0. The van der Waals surface area contributed by atoms with E-state index in [9.17, 15) is 9.59 Å². The summed E-state index contributed by atoms with van der Waals surface area (Å²) >= 11 is 0. The molecule has 0 bridgehead atoms. The molecule has 0 saturated heterocycles. The maximum atomic E-state index is 11.1. The van der Waals surface area contributed by atoms with E-state index in [2.05, 4.69) is 21.2 Å². The highest BCUT2D eigenvalue weighted by Gasteiger charge is 2.28. The van der Waals surface area contributed by atoms with Crippen LogP contribution in [0, 0.1) is 0 Å². The maximum absolute atomic E-state index is 11.1. The van der Waals surface area contributed by atoms with Crippen LogP contribution in [0.25, 0.3) is 12.2 Å². The number of allylic oxidation sites excluding steroid dienone is 2. The van der Waals surface area contributed by atoms with Gasteiger partial charge in [-0.2, -0.15) is 10.2 Å². The number of carbonyl (C=O) groups is 2. The topological polar surface area (TPSA) is 72.0 Å². The normalized spacial score (nSPS) is 16.6. The van der Waals surface area contributed by atoms with Gasteiger partial charge in [-0.3, -0.25) is 14.9 Å². The Hall–Kier alpha value is -3.04. The second kappa shape index (κ2) is 9.30. The lowest BCUT2D eigenvalue weighted by Crippen LogP contribution is -2.27. The van der Waals surface area contributed by atoms with Gasteiger partial charge >= 0.3 is 0 Å². The van der Waals surface area contributed by atoms with Crippen molar-refractivity contribution in [3.8, 4) is 0 Å². The Morgan fingerprint density at radius 2 is 1.92 bits per heavy atom. The summed E-state index contributed by atoms with van der Waals surface area (Å²) in [4.78, 5) is 22.3. The van der Waals surface area contributed by atoms with Gasteiger partial charge in [0, 0.05) is 16.4 Å². The van der Waals surface area contributed by atoms with Crippen molar-refractivity contribution in [3.63, 3.8) is 0 Å². The second-order valence-electron chi connectivity index (χ2n) is 5.18. The van der Waals surface area contributed by atoms with Gasteiger partial charge in [-0.15, -0.1) is 5.73 Å². The van der Waals surface area contributed by atoms with E-state index in [4.69, 9.17) is 0 Å². The average molecular weight is 335 g/mol. The molecule has 0 atom stereocenters. The molecule has 5 nitrogen and oxygen atoms in total. The minimum atomic E-state index is -0.242. The Bertz CT molecular complexity index is 862. The summed E-state index contributed by atoms with van der Waals surface area (Å²) in [6.45, 7) is 4.00. The molecule has 0 aromatic carbocycles. The van der Waals surface area contributed by atoms with Crippen LogP contribution in [0.2, 0.25) is 0 Å². The van der Waals surface area contributed by atoms with Gasteiger partial charge in [0.2, 0.25) is 0 Å². The highest BCUT2D eigenvalue weighted by atomic mass is 16.2. The van der Waals surface area contributed by atoms with Crippen LogP contribution in [0.5, 0.6) is 0 Å². The molecular weight excluding hydrogens is 314 g/mol. The number of imide groups is 1. The molecule has 3 aliphatic rings. The summed E-state index contributed by atoms with van der Waals surface area (Å²) in [5, 5.41) is 12.0. The van der Waals surface area contributed by atoms with Gasteiger partial charge in [0.15, 0.2) is 0 Å². The number of fused-ring (bicyclic) bond motifs is 1. The minimum Gasteiger partial charge on any atom is -0.288 e. The Kier molecular flexibility index (Phi) is 6.81. The summed E-state index contributed by atoms with van der Waals surface area (Å²) < 4.78 is 0. The van der Waals surface area contributed by atoms with Crippen molar-refractivity contribution < 1.29 is 9.59 Å². The number of carbonyl (C=O) groups excluding carboxylic acids is 2. The summed E-state index contributed by atoms with van der Waals surface area (Å²) in [7, 11) is 0. The zero-order valence-electron chi connectivity index (χ0n) is 14.5. The van der Waals surface area contributed by atoms with E-state index in [-0.39, 0.29) is 11.8 Å². The Labute approximate surface area is 146 Å². The Morgan fingerprint density at radius 1 is 1.12 bits per heavy atom. The molecule has 128 valence electrons. The van der Waals surface area contributed by atoms with E-state index < -0.39 is 0 Å². The summed E-state index contributed by atoms with van der Waals surface area (Å²) in [5.41, 5.74) is 4.19. The molecule has 25 heavy (non-hydrogen) atoms. The molecule has 2 heterocycles. The molecule has 0 fully saturated rings. The van der Waals surface area contributed by atoms with Crippen molar-refractivity contribution in [1.82, 2.24) is 15.5 Å². The molecule has 1 aliphatic heterocycles. The molecule has 2 aliphatic carbocycles. The molecule has 0 saturated carbocycles. The van der Waals surface area contributed by atoms with Crippen LogP contribution < -0.4 is 15.9 Å². The van der Waals surface area contributed by atoms with Crippen LogP contribution in [-0.4, -0.2) is 22.0 Å². The van der Waals surface area contributed by atoms with Crippen molar-refractivity contribution in [2.45, 2.75) is 33.1 Å². The lowest BCUT2D eigenvalue weighted by Gasteiger charge is -1.95. The number of hydrogen-bond donors (Lipinski definition) is 1. The summed E-state index contributed by atoms with van der Waals surface area (Å²) in [5.74, 6) is -0.449. The van der Waals surface area contributed by atoms with Gasteiger partial charge in [-0.25, -0.2) is 0 Å². The van der Waals surface area contributed by atoms with Crippen LogP contribution in [0.15, 0.2) is 53.4 Å². The highest BCUT2D eigenvalue weighted by molar-refractivity contribution is 6.20. The van der Waals surface area contributed by atoms with E-state index in [1.165, 1.54) is 0 Å². The van der Waals surface area contributed by atoms with Crippen LogP contribution in [0.1, 0.15) is 33.1 Å². The van der Waals surface area contributed by atoms with Gasteiger partial charge in [0.05, 0.1) is 11.5 Å². The molecule has 1 N–H and O–H groups in total. The molecular formula is C20H21N3O2. The first-order chi connectivity index (χ1) is 12.3. The van der Waals surface area contributed by atoms with Crippen LogP contribution in [0.3, 0.4) is 0 Å². The van der Waals surface area contributed by atoms with Gasteiger partial charge in [-0.05, 0) is 49.6 Å². The number of aromatic nitrogens is 2. The minimum absolute atomic E-state index is 0.207. The van der Waals surface area contributed by atoms with Gasteiger partial charge in [0.1, 0.15) is 0 Å². The number of amides is 2. The van der Waals surface area contributed by atoms with Gasteiger partial charge in [-0.1, -0.05) is 26.0 Å². The lowest BCUT2D eigenvalue weighted by molar-refractivity contribution is -0.124. The zero-order chi connectivity index (χ0) is 18.1. The fourth-order valence-corrected chi connectivity index (χ4v) is 2.47. The molecule has 1 aromatic heterocycles. The molecule has 5 heteroatoms. The Morgan fingerprint density at radius 3 is 2.76 bits per heavy atom. The third-order valence-electron chi connectivity index (χ3n) is 3.63. The SMILES string of the molecule is C1=CC=c2ccnnc2=CC=1.CC.O=C1NC(=O)C2=C1C=CCCC2. The average Bonchev–Trinajstić information content (AvgIpc) is 2.92. The zero-order valence-corrected chi connectivity index (χ0v) is 14.5. The predicted molar refractivity (Wildman–Crippen MR) is 97.4 cm³/mol. The van der Waals surface area contributed by atoms with E-state index in [0.29, 0.717) is 11.1 Å². The second-order valence-corrected chi connectivity index (χ2v) is 5.18. The third kappa shape index (κ3) is 4.72. The fourth-order valence-electron chi connectivity index (χ4n) is 2.47. The van der Waals surface area contributed by atoms with E-state index in [0.717, 1.165) is 29.8 Å². The lowest BCUT2D eigenvalue weighted by atomic mass is 10.1. The van der Waals surface area contributed by atoms with Crippen LogP contribution >= 0.6 is 0 Å². The molecule has 0 radical (unpaired) electrons. The Balaban J connectivity index is 0.000000165. The van der Waals surface area contributed by atoms with E-state index in [1.54, 1.807) is 12.3 Å². The smallest absolute Gasteiger partial charge is 0.258 e. The van der Waals surface area contributed by atoms with E-state index >= 15 is 0 Å². The number of hydrogen-bond acceptors (Lipinski definition) is 4.